The molecular weight excluding hydrogens is 348 g/mol. The number of likely N-dealkylation sites (tertiary alicyclic amines) is 1. The van der Waals surface area contributed by atoms with Crippen molar-refractivity contribution in [1.29, 1.82) is 0 Å². The highest BCUT2D eigenvalue weighted by atomic mass is 32.2. The molecule has 0 N–H and O–H groups in total. The molecule has 0 spiro atoms. The number of aromatic nitrogens is 1. The zero-order chi connectivity index (χ0) is 18.7. The number of nitrogens with zero attached hydrogens (tertiary/aromatic N) is 2. The van der Waals surface area contributed by atoms with Gasteiger partial charge >= 0.3 is 0 Å². The van der Waals surface area contributed by atoms with Gasteiger partial charge in [-0.2, -0.15) is 0 Å². The van der Waals surface area contributed by atoms with Crippen LogP contribution in [0.3, 0.4) is 0 Å². The number of rotatable bonds is 4. The molecule has 0 radical (unpaired) electrons. The fraction of sp³-hybridized carbons (Fsp3) is 0.400. The molecular formula is C20H24N2O3S. The Labute approximate surface area is 155 Å². The van der Waals surface area contributed by atoms with Crippen molar-refractivity contribution >= 4 is 15.7 Å². The van der Waals surface area contributed by atoms with E-state index in [1.54, 1.807) is 47.4 Å². The van der Waals surface area contributed by atoms with Crippen LogP contribution in [0.5, 0.6) is 0 Å². The van der Waals surface area contributed by atoms with Crippen LogP contribution < -0.4 is 0 Å². The van der Waals surface area contributed by atoms with Crippen LogP contribution in [-0.2, 0) is 15.6 Å². The lowest BCUT2D eigenvalue weighted by Gasteiger charge is -2.30. The quantitative estimate of drug-likeness (QED) is 0.826. The lowest BCUT2D eigenvalue weighted by Crippen LogP contribution is -2.38. The summed E-state index contributed by atoms with van der Waals surface area (Å²) < 4.78 is 25.2. The Morgan fingerprint density at radius 3 is 2.42 bits per heavy atom. The lowest BCUT2D eigenvalue weighted by molar-refractivity contribution is 0.0691. The zero-order valence-electron chi connectivity index (χ0n) is 15.2. The van der Waals surface area contributed by atoms with Gasteiger partial charge in [-0.3, -0.25) is 4.79 Å². The van der Waals surface area contributed by atoms with Crippen molar-refractivity contribution in [2.24, 2.45) is 5.92 Å². The summed E-state index contributed by atoms with van der Waals surface area (Å²) in [6.45, 7) is 5.56. The highest BCUT2D eigenvalue weighted by molar-refractivity contribution is 7.90. The van der Waals surface area contributed by atoms with Gasteiger partial charge in [0, 0.05) is 13.1 Å². The van der Waals surface area contributed by atoms with Gasteiger partial charge in [0.05, 0.1) is 16.3 Å². The van der Waals surface area contributed by atoms with Crippen LogP contribution in [0.1, 0.15) is 41.5 Å². The monoisotopic (exact) mass is 372 g/mol. The van der Waals surface area contributed by atoms with E-state index in [1.807, 2.05) is 6.92 Å². The van der Waals surface area contributed by atoms with E-state index in [1.165, 1.54) is 0 Å². The predicted octanol–water partition coefficient (Wildman–Crippen LogP) is 3.24. The summed E-state index contributed by atoms with van der Waals surface area (Å²) in [6, 6.07) is 11.8. The van der Waals surface area contributed by atoms with Crippen LogP contribution in [0.4, 0.5) is 0 Å². The van der Waals surface area contributed by atoms with E-state index in [-0.39, 0.29) is 16.6 Å². The Morgan fingerprint density at radius 1 is 1.12 bits per heavy atom. The van der Waals surface area contributed by atoms with Crippen LogP contribution in [-0.4, -0.2) is 37.3 Å². The van der Waals surface area contributed by atoms with Crippen molar-refractivity contribution in [1.82, 2.24) is 9.88 Å². The Kier molecular flexibility index (Phi) is 5.41. The molecule has 1 saturated heterocycles. The number of hydrogen-bond acceptors (Lipinski definition) is 4. The maximum absolute atomic E-state index is 12.6. The largest absolute Gasteiger partial charge is 0.337 e. The van der Waals surface area contributed by atoms with Gasteiger partial charge in [0.1, 0.15) is 5.69 Å². The second-order valence-electron chi connectivity index (χ2n) is 7.06. The molecule has 1 amide bonds. The number of carbonyl (C=O) groups is 1. The van der Waals surface area contributed by atoms with Crippen LogP contribution in [0.25, 0.3) is 0 Å². The van der Waals surface area contributed by atoms with Gasteiger partial charge in [0.15, 0.2) is 9.84 Å². The predicted molar refractivity (Wildman–Crippen MR) is 101 cm³/mol. The summed E-state index contributed by atoms with van der Waals surface area (Å²) in [4.78, 5) is 19.0. The van der Waals surface area contributed by atoms with E-state index in [9.17, 15) is 13.2 Å². The maximum atomic E-state index is 12.6. The molecule has 3 rings (SSSR count). The Bertz CT molecular complexity index is 884. The summed E-state index contributed by atoms with van der Waals surface area (Å²) >= 11 is 0. The SMILES string of the molecule is Cc1ccc(S(=O)(=O)Cc2cccc(C(=O)N3CCC(C)CC3)n2)cc1. The number of hydrogen-bond donors (Lipinski definition) is 0. The molecule has 2 heterocycles. The Morgan fingerprint density at radius 2 is 1.77 bits per heavy atom. The van der Waals surface area contributed by atoms with Crippen molar-refractivity contribution in [3.05, 3.63) is 59.4 Å². The molecule has 0 unspecified atom stereocenters. The van der Waals surface area contributed by atoms with Gasteiger partial charge in [0.25, 0.3) is 5.91 Å². The van der Waals surface area contributed by atoms with Crippen LogP contribution in [0.2, 0.25) is 0 Å². The molecule has 1 aromatic heterocycles. The van der Waals surface area contributed by atoms with E-state index >= 15 is 0 Å². The third kappa shape index (κ3) is 4.30. The first-order chi connectivity index (χ1) is 12.3. The number of aryl methyl sites for hydroxylation is 1. The van der Waals surface area contributed by atoms with Crippen molar-refractivity contribution < 1.29 is 13.2 Å². The lowest BCUT2D eigenvalue weighted by atomic mass is 9.99. The second-order valence-corrected chi connectivity index (χ2v) is 9.05. The first-order valence-electron chi connectivity index (χ1n) is 8.90. The van der Waals surface area contributed by atoms with Gasteiger partial charge in [-0.15, -0.1) is 0 Å². The topological polar surface area (TPSA) is 67.3 Å². The molecule has 1 aliphatic rings. The van der Waals surface area contributed by atoms with E-state index in [0.717, 1.165) is 31.5 Å². The minimum absolute atomic E-state index is 0.119. The van der Waals surface area contributed by atoms with E-state index < -0.39 is 9.84 Å². The van der Waals surface area contributed by atoms with Crippen molar-refractivity contribution in [2.45, 2.75) is 37.3 Å². The number of amides is 1. The molecule has 1 aliphatic heterocycles. The molecule has 2 aromatic rings. The maximum Gasteiger partial charge on any atom is 0.272 e. The van der Waals surface area contributed by atoms with Crippen molar-refractivity contribution in [2.75, 3.05) is 13.1 Å². The number of carbonyl (C=O) groups excluding carboxylic acids is 1. The fourth-order valence-corrected chi connectivity index (χ4v) is 4.34. The van der Waals surface area contributed by atoms with Gasteiger partial charge in [0.2, 0.25) is 0 Å². The molecule has 6 heteroatoms. The second kappa shape index (κ2) is 7.58. The van der Waals surface area contributed by atoms with Crippen molar-refractivity contribution in [3.8, 4) is 0 Å². The van der Waals surface area contributed by atoms with Crippen molar-refractivity contribution in [3.63, 3.8) is 0 Å². The molecule has 138 valence electrons. The van der Waals surface area contributed by atoms with Crippen LogP contribution >= 0.6 is 0 Å². The first kappa shape index (κ1) is 18.6. The molecule has 26 heavy (non-hydrogen) atoms. The molecule has 1 fully saturated rings. The van der Waals surface area contributed by atoms with Gasteiger partial charge in [-0.25, -0.2) is 13.4 Å². The highest BCUT2D eigenvalue weighted by Crippen LogP contribution is 2.19. The number of pyridine rings is 1. The summed E-state index contributed by atoms with van der Waals surface area (Å²) in [5.74, 6) is 0.304. The molecule has 0 atom stereocenters. The first-order valence-corrected chi connectivity index (χ1v) is 10.5. The standard InChI is InChI=1S/C20H24N2O3S/c1-15-6-8-18(9-7-15)26(24,25)14-17-4-3-5-19(21-17)20(23)22-12-10-16(2)11-13-22/h3-9,16H,10-14H2,1-2H3. The third-order valence-corrected chi connectivity index (χ3v) is 6.48. The Hall–Kier alpha value is -2.21. The number of benzene rings is 1. The average Bonchev–Trinajstić information content (AvgIpc) is 2.62. The number of piperidine rings is 1. The minimum Gasteiger partial charge on any atom is -0.337 e. The Balaban J connectivity index is 1.77. The summed E-state index contributed by atoms with van der Waals surface area (Å²) in [5, 5.41) is 0. The zero-order valence-corrected chi connectivity index (χ0v) is 16.0. The normalized spacial score (nSPS) is 15.8. The molecule has 0 bridgehead atoms. The minimum atomic E-state index is -3.49. The van der Waals surface area contributed by atoms with E-state index in [4.69, 9.17) is 0 Å². The van der Waals surface area contributed by atoms with Crippen LogP contribution in [0.15, 0.2) is 47.4 Å². The summed E-state index contributed by atoms with van der Waals surface area (Å²) in [7, 11) is -3.49. The number of sulfone groups is 1. The molecule has 0 aliphatic carbocycles. The third-order valence-electron chi connectivity index (χ3n) is 4.81. The summed E-state index contributed by atoms with van der Waals surface area (Å²) in [5.41, 5.74) is 1.71. The molecule has 0 saturated carbocycles. The highest BCUT2D eigenvalue weighted by Gasteiger charge is 2.23. The molecule has 5 nitrogen and oxygen atoms in total. The van der Waals surface area contributed by atoms with Gasteiger partial charge in [-0.1, -0.05) is 30.7 Å². The summed E-state index contributed by atoms with van der Waals surface area (Å²) in [6.07, 6.45) is 1.99. The van der Waals surface area contributed by atoms with Gasteiger partial charge < -0.3 is 4.90 Å². The fourth-order valence-electron chi connectivity index (χ4n) is 3.08. The van der Waals surface area contributed by atoms with Gasteiger partial charge in [-0.05, 0) is 49.9 Å². The average molecular weight is 372 g/mol. The molecule has 1 aromatic carbocycles. The smallest absolute Gasteiger partial charge is 0.272 e. The van der Waals surface area contributed by atoms with Crippen LogP contribution in [0, 0.1) is 12.8 Å². The van der Waals surface area contributed by atoms with E-state index in [2.05, 4.69) is 11.9 Å². The van der Waals surface area contributed by atoms with E-state index in [0.29, 0.717) is 17.3 Å².